The van der Waals surface area contributed by atoms with Gasteiger partial charge in [-0.05, 0) is 30.7 Å². The molecule has 2 aromatic rings. The lowest BCUT2D eigenvalue weighted by atomic mass is 10.1. The third kappa shape index (κ3) is 5.21. The van der Waals surface area contributed by atoms with Crippen molar-refractivity contribution >= 4 is 0 Å². The Bertz CT molecular complexity index is 672. The smallest absolute Gasteiger partial charge is 0.0405 e. The summed E-state index contributed by atoms with van der Waals surface area (Å²) in [6, 6.07) is 18.2. The van der Waals surface area contributed by atoms with E-state index in [4.69, 9.17) is 0 Å². The Kier molecular flexibility index (Phi) is 6.18. The van der Waals surface area contributed by atoms with Crippen LogP contribution in [0.1, 0.15) is 49.3 Å². The Morgan fingerprint density at radius 3 is 2.10 bits per heavy atom. The van der Waals surface area contributed by atoms with Crippen molar-refractivity contribution in [3.63, 3.8) is 0 Å². The molecule has 0 heteroatoms. The SMILES string of the molecule is CCCCCC#Cc1ccccc1C#Cc1ccccc1. The van der Waals surface area contributed by atoms with E-state index in [1.54, 1.807) is 0 Å². The summed E-state index contributed by atoms with van der Waals surface area (Å²) in [6.07, 6.45) is 4.64. The van der Waals surface area contributed by atoms with Gasteiger partial charge < -0.3 is 0 Å². The molecule has 0 atom stereocenters. The minimum absolute atomic E-state index is 0.967. The molecule has 0 heterocycles. The predicted molar refractivity (Wildman–Crippen MR) is 89.9 cm³/mol. The standard InChI is InChI=1S/C21H20/c1-2-3-4-5-9-14-20-15-10-11-16-21(20)18-17-19-12-7-6-8-13-19/h6-8,10-13,15-16H,2-5H2,1H3. The van der Waals surface area contributed by atoms with Gasteiger partial charge in [0, 0.05) is 23.1 Å². The van der Waals surface area contributed by atoms with Gasteiger partial charge in [0.1, 0.15) is 0 Å². The summed E-state index contributed by atoms with van der Waals surface area (Å²) >= 11 is 0. The van der Waals surface area contributed by atoms with Crippen molar-refractivity contribution in [3.05, 3.63) is 71.3 Å². The van der Waals surface area contributed by atoms with Crippen LogP contribution in [-0.4, -0.2) is 0 Å². The summed E-state index contributed by atoms with van der Waals surface area (Å²) in [7, 11) is 0. The third-order valence-corrected chi connectivity index (χ3v) is 3.17. The summed E-state index contributed by atoms with van der Waals surface area (Å²) in [5.41, 5.74) is 3.06. The Morgan fingerprint density at radius 1 is 0.714 bits per heavy atom. The van der Waals surface area contributed by atoms with Gasteiger partial charge in [0.15, 0.2) is 0 Å². The maximum absolute atomic E-state index is 3.26. The molecule has 0 fully saturated rings. The maximum atomic E-state index is 3.26. The highest BCUT2D eigenvalue weighted by atomic mass is 14.0. The third-order valence-electron chi connectivity index (χ3n) is 3.17. The Hall–Kier alpha value is -2.44. The van der Waals surface area contributed by atoms with Crippen LogP contribution in [0.3, 0.4) is 0 Å². The van der Waals surface area contributed by atoms with E-state index in [1.165, 1.54) is 19.3 Å². The van der Waals surface area contributed by atoms with Crippen LogP contribution in [0.15, 0.2) is 54.6 Å². The Morgan fingerprint density at radius 2 is 1.38 bits per heavy atom. The maximum Gasteiger partial charge on any atom is 0.0405 e. The van der Waals surface area contributed by atoms with Crippen molar-refractivity contribution in [3.8, 4) is 23.7 Å². The summed E-state index contributed by atoms with van der Waals surface area (Å²) in [4.78, 5) is 0. The lowest BCUT2D eigenvalue weighted by Crippen LogP contribution is -1.83. The van der Waals surface area contributed by atoms with Gasteiger partial charge in [-0.2, -0.15) is 0 Å². The zero-order valence-corrected chi connectivity index (χ0v) is 12.5. The molecule has 21 heavy (non-hydrogen) atoms. The molecule has 0 unspecified atom stereocenters. The number of hydrogen-bond acceptors (Lipinski definition) is 0. The Labute approximate surface area is 128 Å². The fraction of sp³-hybridized carbons (Fsp3) is 0.238. The van der Waals surface area contributed by atoms with Crippen LogP contribution < -0.4 is 0 Å². The van der Waals surface area contributed by atoms with Gasteiger partial charge >= 0.3 is 0 Å². The molecule has 0 saturated heterocycles. The summed E-state index contributed by atoms with van der Waals surface area (Å²) < 4.78 is 0. The molecule has 0 spiro atoms. The monoisotopic (exact) mass is 272 g/mol. The molecule has 0 aliphatic carbocycles. The molecule has 104 valence electrons. The lowest BCUT2D eigenvalue weighted by Gasteiger charge is -1.95. The molecule has 0 nitrogen and oxygen atoms in total. The topological polar surface area (TPSA) is 0 Å². The van der Waals surface area contributed by atoms with Crippen molar-refractivity contribution in [1.29, 1.82) is 0 Å². The molecular weight excluding hydrogens is 252 g/mol. The molecular formula is C21H20. The highest BCUT2D eigenvalue weighted by Crippen LogP contribution is 2.07. The first-order valence-corrected chi connectivity index (χ1v) is 7.55. The number of hydrogen-bond donors (Lipinski definition) is 0. The van der Waals surface area contributed by atoms with Gasteiger partial charge in [0.05, 0.1) is 0 Å². The van der Waals surface area contributed by atoms with E-state index in [0.717, 1.165) is 23.1 Å². The quantitative estimate of drug-likeness (QED) is 0.544. The molecule has 0 aliphatic heterocycles. The molecule has 0 aromatic heterocycles. The van der Waals surface area contributed by atoms with Crippen LogP contribution in [0.25, 0.3) is 0 Å². The highest BCUT2D eigenvalue weighted by molar-refractivity contribution is 5.52. The van der Waals surface area contributed by atoms with E-state index in [2.05, 4.69) is 30.6 Å². The molecule has 2 rings (SSSR count). The lowest BCUT2D eigenvalue weighted by molar-refractivity contribution is 0.737. The number of unbranched alkanes of at least 4 members (excludes halogenated alkanes) is 3. The highest BCUT2D eigenvalue weighted by Gasteiger charge is 1.94. The Balaban J connectivity index is 2.12. The second-order valence-corrected chi connectivity index (χ2v) is 4.92. The van der Waals surface area contributed by atoms with E-state index in [1.807, 2.05) is 54.6 Å². The van der Waals surface area contributed by atoms with Crippen LogP contribution in [0.2, 0.25) is 0 Å². The summed E-state index contributed by atoms with van der Waals surface area (Å²) in [5.74, 6) is 12.9. The van der Waals surface area contributed by atoms with Crippen LogP contribution in [0.4, 0.5) is 0 Å². The van der Waals surface area contributed by atoms with Crippen LogP contribution in [-0.2, 0) is 0 Å². The molecule has 2 aromatic carbocycles. The van der Waals surface area contributed by atoms with Gasteiger partial charge in [-0.15, -0.1) is 0 Å². The van der Waals surface area contributed by atoms with Crippen LogP contribution >= 0.6 is 0 Å². The van der Waals surface area contributed by atoms with E-state index < -0.39 is 0 Å². The van der Waals surface area contributed by atoms with Gasteiger partial charge in [-0.25, -0.2) is 0 Å². The molecule has 0 amide bonds. The van der Waals surface area contributed by atoms with E-state index >= 15 is 0 Å². The molecule has 0 aliphatic rings. The van der Waals surface area contributed by atoms with Gasteiger partial charge in [0.25, 0.3) is 0 Å². The predicted octanol–water partition coefficient (Wildman–Crippen LogP) is 5.02. The average molecular weight is 272 g/mol. The van der Waals surface area contributed by atoms with Crippen molar-refractivity contribution in [2.45, 2.75) is 32.6 Å². The van der Waals surface area contributed by atoms with Gasteiger partial charge in [-0.1, -0.05) is 73.8 Å². The summed E-state index contributed by atoms with van der Waals surface area (Å²) in [6.45, 7) is 2.21. The fourth-order valence-electron chi connectivity index (χ4n) is 1.98. The number of benzene rings is 2. The van der Waals surface area contributed by atoms with Gasteiger partial charge in [0.2, 0.25) is 0 Å². The molecule has 0 bridgehead atoms. The van der Waals surface area contributed by atoms with Crippen molar-refractivity contribution in [2.75, 3.05) is 0 Å². The summed E-state index contributed by atoms with van der Waals surface area (Å²) in [5, 5.41) is 0. The normalized spacial score (nSPS) is 9.19. The first-order chi connectivity index (χ1) is 10.4. The zero-order valence-electron chi connectivity index (χ0n) is 12.5. The second kappa shape index (κ2) is 8.68. The zero-order chi connectivity index (χ0) is 14.8. The average Bonchev–Trinajstić information content (AvgIpc) is 2.55. The van der Waals surface area contributed by atoms with Crippen molar-refractivity contribution in [1.82, 2.24) is 0 Å². The van der Waals surface area contributed by atoms with E-state index in [9.17, 15) is 0 Å². The largest absolute Gasteiger partial charge is 0.0978 e. The van der Waals surface area contributed by atoms with Crippen LogP contribution in [0.5, 0.6) is 0 Å². The molecule has 0 saturated carbocycles. The minimum atomic E-state index is 0.967. The number of rotatable bonds is 3. The molecule has 0 N–H and O–H groups in total. The molecule has 0 radical (unpaired) electrons. The minimum Gasteiger partial charge on any atom is -0.0978 e. The first kappa shape index (κ1) is 15.0. The van der Waals surface area contributed by atoms with Crippen molar-refractivity contribution < 1.29 is 0 Å². The first-order valence-electron chi connectivity index (χ1n) is 7.55. The second-order valence-electron chi connectivity index (χ2n) is 4.92. The van der Waals surface area contributed by atoms with Gasteiger partial charge in [-0.3, -0.25) is 0 Å². The van der Waals surface area contributed by atoms with Crippen LogP contribution in [0, 0.1) is 23.7 Å². The van der Waals surface area contributed by atoms with Crippen molar-refractivity contribution in [2.24, 2.45) is 0 Å². The van der Waals surface area contributed by atoms with E-state index in [0.29, 0.717) is 0 Å². The fourth-order valence-corrected chi connectivity index (χ4v) is 1.98. The van der Waals surface area contributed by atoms with E-state index in [-0.39, 0.29) is 0 Å².